The van der Waals surface area contributed by atoms with Gasteiger partial charge in [-0.1, -0.05) is 18.2 Å². The fourth-order valence-electron chi connectivity index (χ4n) is 3.08. The third-order valence-corrected chi connectivity index (χ3v) is 7.68. The van der Waals surface area contributed by atoms with Crippen LogP contribution in [0.25, 0.3) is 0 Å². The summed E-state index contributed by atoms with van der Waals surface area (Å²) in [7, 11) is -3.52. The molecular formula is C18H21FN2O3S2. The van der Waals surface area contributed by atoms with Crippen LogP contribution in [0.1, 0.15) is 18.4 Å². The normalized spacial score (nSPS) is 18.6. The predicted molar refractivity (Wildman–Crippen MR) is 98.9 cm³/mol. The lowest BCUT2D eigenvalue weighted by molar-refractivity contribution is -0.126. The van der Waals surface area contributed by atoms with E-state index >= 15 is 0 Å². The first kappa shape index (κ1) is 19.0. The number of benzene rings is 1. The molecule has 2 heterocycles. The monoisotopic (exact) mass is 396 g/mol. The number of amides is 1. The van der Waals surface area contributed by atoms with Crippen LogP contribution in [0.4, 0.5) is 4.39 Å². The lowest BCUT2D eigenvalue weighted by Crippen LogP contribution is -2.45. The molecule has 1 atom stereocenters. The molecule has 5 nitrogen and oxygen atoms in total. The van der Waals surface area contributed by atoms with Gasteiger partial charge < -0.3 is 5.32 Å². The van der Waals surface area contributed by atoms with Crippen LogP contribution in [0.2, 0.25) is 0 Å². The van der Waals surface area contributed by atoms with E-state index in [-0.39, 0.29) is 24.2 Å². The molecule has 26 heavy (non-hydrogen) atoms. The molecule has 1 aliphatic heterocycles. The van der Waals surface area contributed by atoms with Crippen LogP contribution in [0, 0.1) is 11.7 Å². The van der Waals surface area contributed by atoms with Crippen molar-refractivity contribution in [2.75, 3.05) is 19.6 Å². The highest BCUT2D eigenvalue weighted by atomic mass is 32.2. The van der Waals surface area contributed by atoms with Crippen LogP contribution in [0.3, 0.4) is 0 Å². The maximum atomic E-state index is 13.2. The van der Waals surface area contributed by atoms with Crippen molar-refractivity contribution >= 4 is 27.3 Å². The molecule has 140 valence electrons. The number of nitrogens with zero attached hydrogens (tertiary/aromatic N) is 1. The summed E-state index contributed by atoms with van der Waals surface area (Å²) in [5.41, 5.74) is 0.816. The molecule has 1 unspecified atom stereocenters. The highest BCUT2D eigenvalue weighted by molar-refractivity contribution is 7.91. The van der Waals surface area contributed by atoms with Crippen molar-refractivity contribution in [3.05, 3.63) is 53.2 Å². The van der Waals surface area contributed by atoms with Gasteiger partial charge in [-0.25, -0.2) is 12.8 Å². The van der Waals surface area contributed by atoms with Crippen molar-refractivity contribution in [2.24, 2.45) is 5.92 Å². The topological polar surface area (TPSA) is 66.5 Å². The van der Waals surface area contributed by atoms with Gasteiger partial charge in [0.05, 0.1) is 5.92 Å². The Morgan fingerprint density at radius 2 is 2.15 bits per heavy atom. The second kappa shape index (κ2) is 8.28. The number of carbonyl (C=O) groups excluding carboxylic acids is 1. The summed E-state index contributed by atoms with van der Waals surface area (Å²) in [5, 5.41) is 4.58. The summed E-state index contributed by atoms with van der Waals surface area (Å²) < 4.78 is 40.1. The zero-order valence-electron chi connectivity index (χ0n) is 14.2. The molecule has 3 rings (SSSR count). The predicted octanol–water partition coefficient (Wildman–Crippen LogP) is 2.65. The van der Waals surface area contributed by atoms with Crippen molar-refractivity contribution in [3.63, 3.8) is 0 Å². The van der Waals surface area contributed by atoms with Crippen LogP contribution in [-0.4, -0.2) is 38.3 Å². The minimum absolute atomic E-state index is 0.146. The summed E-state index contributed by atoms with van der Waals surface area (Å²) in [5.74, 6) is -0.797. The Hall–Kier alpha value is -1.77. The second-order valence-corrected chi connectivity index (χ2v) is 9.42. The molecule has 0 bridgehead atoms. The number of rotatable bonds is 6. The first-order valence-electron chi connectivity index (χ1n) is 8.52. The van der Waals surface area contributed by atoms with Crippen LogP contribution in [-0.2, 0) is 21.2 Å². The first-order chi connectivity index (χ1) is 12.5. The van der Waals surface area contributed by atoms with E-state index in [1.807, 2.05) is 6.07 Å². The molecule has 0 radical (unpaired) electrons. The summed E-state index contributed by atoms with van der Waals surface area (Å²) in [6.07, 6.45) is 1.86. The summed E-state index contributed by atoms with van der Waals surface area (Å²) >= 11 is 1.18. The number of hydrogen-bond acceptors (Lipinski definition) is 4. The molecule has 1 saturated heterocycles. The number of carbonyl (C=O) groups is 1. The first-order valence-corrected chi connectivity index (χ1v) is 10.8. The van der Waals surface area contributed by atoms with E-state index in [0.29, 0.717) is 36.6 Å². The minimum Gasteiger partial charge on any atom is -0.355 e. The standard InChI is InChI=1S/C18H21FN2O3S2/c19-16-6-1-4-14(12-16)8-9-20-18(22)15-5-2-10-21(13-15)26(23,24)17-7-3-11-25-17/h1,3-4,6-7,11-12,15H,2,5,8-10,13H2,(H,20,22). The molecule has 1 aromatic heterocycles. The molecule has 0 spiro atoms. The highest BCUT2D eigenvalue weighted by Gasteiger charge is 2.33. The van der Waals surface area contributed by atoms with Gasteiger partial charge in [-0.2, -0.15) is 4.31 Å². The van der Waals surface area contributed by atoms with Gasteiger partial charge in [0.1, 0.15) is 10.0 Å². The Morgan fingerprint density at radius 3 is 2.88 bits per heavy atom. The summed E-state index contributed by atoms with van der Waals surface area (Å²) in [6, 6.07) is 9.57. The van der Waals surface area contributed by atoms with Gasteiger partial charge in [0, 0.05) is 19.6 Å². The molecule has 2 aromatic rings. The Kier molecular flexibility index (Phi) is 6.05. The van der Waals surface area contributed by atoms with Gasteiger partial charge in [-0.3, -0.25) is 4.79 Å². The zero-order valence-corrected chi connectivity index (χ0v) is 15.9. The van der Waals surface area contributed by atoms with Crippen LogP contribution in [0.5, 0.6) is 0 Å². The van der Waals surface area contributed by atoms with Gasteiger partial charge in [0.2, 0.25) is 5.91 Å². The number of halogens is 1. The van der Waals surface area contributed by atoms with Gasteiger partial charge in [0.25, 0.3) is 10.0 Å². The maximum Gasteiger partial charge on any atom is 0.252 e. The van der Waals surface area contributed by atoms with E-state index in [4.69, 9.17) is 0 Å². The SMILES string of the molecule is O=C(NCCc1cccc(F)c1)C1CCCN(S(=O)(=O)c2cccs2)C1. The number of piperidine rings is 1. The van der Waals surface area contributed by atoms with Crippen molar-refractivity contribution in [2.45, 2.75) is 23.5 Å². The fourth-order valence-corrected chi connectivity index (χ4v) is 5.75. The average Bonchev–Trinajstić information content (AvgIpc) is 3.17. The largest absolute Gasteiger partial charge is 0.355 e. The van der Waals surface area contributed by atoms with E-state index in [0.717, 1.165) is 5.56 Å². The van der Waals surface area contributed by atoms with E-state index in [9.17, 15) is 17.6 Å². The Morgan fingerprint density at radius 1 is 1.31 bits per heavy atom. The number of thiophene rings is 1. The van der Waals surface area contributed by atoms with Crippen molar-refractivity contribution < 1.29 is 17.6 Å². The van der Waals surface area contributed by atoms with Gasteiger partial charge in [-0.15, -0.1) is 11.3 Å². The Bertz CT molecular complexity index is 853. The smallest absolute Gasteiger partial charge is 0.252 e. The van der Waals surface area contributed by atoms with Crippen LogP contribution in [0.15, 0.2) is 46.0 Å². The summed E-state index contributed by atoms with van der Waals surface area (Å²) in [4.78, 5) is 12.4. The number of sulfonamides is 1. The zero-order chi connectivity index (χ0) is 18.6. The molecule has 0 aliphatic carbocycles. The quantitative estimate of drug-likeness (QED) is 0.816. The van der Waals surface area contributed by atoms with E-state index in [1.54, 1.807) is 23.6 Å². The highest BCUT2D eigenvalue weighted by Crippen LogP contribution is 2.26. The van der Waals surface area contributed by atoms with E-state index in [2.05, 4.69) is 5.32 Å². The third-order valence-electron chi connectivity index (χ3n) is 4.45. The minimum atomic E-state index is -3.52. The molecule has 1 amide bonds. The van der Waals surface area contributed by atoms with Gasteiger partial charge >= 0.3 is 0 Å². The van der Waals surface area contributed by atoms with Crippen LogP contribution < -0.4 is 5.32 Å². The van der Waals surface area contributed by atoms with Gasteiger partial charge in [-0.05, 0) is 48.4 Å². The molecule has 1 N–H and O–H groups in total. The number of nitrogens with one attached hydrogen (secondary N) is 1. The molecular weight excluding hydrogens is 375 g/mol. The molecule has 8 heteroatoms. The second-order valence-electron chi connectivity index (χ2n) is 6.31. The lowest BCUT2D eigenvalue weighted by Gasteiger charge is -2.30. The Labute approximate surface area is 156 Å². The van der Waals surface area contributed by atoms with Gasteiger partial charge in [0.15, 0.2) is 0 Å². The molecule has 1 fully saturated rings. The van der Waals surface area contributed by atoms with E-state index < -0.39 is 10.0 Å². The Balaban J connectivity index is 1.55. The fraction of sp³-hybridized carbons (Fsp3) is 0.389. The van der Waals surface area contributed by atoms with Crippen molar-refractivity contribution in [3.8, 4) is 0 Å². The maximum absolute atomic E-state index is 13.2. The number of hydrogen-bond donors (Lipinski definition) is 1. The molecule has 1 aliphatic rings. The lowest BCUT2D eigenvalue weighted by atomic mass is 9.99. The van der Waals surface area contributed by atoms with E-state index in [1.165, 1.54) is 27.8 Å². The van der Waals surface area contributed by atoms with Crippen molar-refractivity contribution in [1.29, 1.82) is 0 Å². The van der Waals surface area contributed by atoms with Crippen LogP contribution >= 0.6 is 11.3 Å². The van der Waals surface area contributed by atoms with Crippen molar-refractivity contribution in [1.82, 2.24) is 9.62 Å². The third kappa shape index (κ3) is 4.49. The molecule has 1 aromatic carbocycles. The molecule has 0 saturated carbocycles. The average molecular weight is 397 g/mol. The summed E-state index contributed by atoms with van der Waals surface area (Å²) in [6.45, 7) is 1.04.